The van der Waals surface area contributed by atoms with Gasteiger partial charge >= 0.3 is 0 Å². The number of rotatable bonds is 6. The standard InChI is InChI=1S/C19H20N4O4S/c1-12-9-16(22-27-12)21-17(24)11-28-19-20-15-7-3-2-6-14(15)18(25)23(19)10-13-5-4-8-26-13/h2-3,6-7,9,13H,4-5,8,10-11H2,1H3,(H,21,22,24)/t13-/m0/s1. The summed E-state index contributed by atoms with van der Waals surface area (Å²) in [4.78, 5) is 29.9. The molecule has 0 unspecified atom stereocenters. The number of ether oxygens (including phenoxy) is 1. The van der Waals surface area contributed by atoms with E-state index in [1.165, 1.54) is 11.8 Å². The summed E-state index contributed by atoms with van der Waals surface area (Å²) in [6.07, 6.45) is 1.89. The summed E-state index contributed by atoms with van der Waals surface area (Å²) < 4.78 is 12.3. The lowest BCUT2D eigenvalue weighted by Gasteiger charge is -2.16. The number of para-hydroxylation sites is 1. The lowest BCUT2D eigenvalue weighted by atomic mass is 10.2. The molecule has 1 aliphatic rings. The smallest absolute Gasteiger partial charge is 0.262 e. The molecule has 1 fully saturated rings. The number of benzene rings is 1. The largest absolute Gasteiger partial charge is 0.376 e. The van der Waals surface area contributed by atoms with Crippen LogP contribution >= 0.6 is 11.8 Å². The molecule has 3 heterocycles. The maximum Gasteiger partial charge on any atom is 0.262 e. The van der Waals surface area contributed by atoms with Crippen molar-refractivity contribution < 1.29 is 14.1 Å². The van der Waals surface area contributed by atoms with E-state index in [4.69, 9.17) is 9.26 Å². The average molecular weight is 400 g/mol. The molecule has 4 rings (SSSR count). The van der Waals surface area contributed by atoms with Gasteiger partial charge in [0.2, 0.25) is 5.91 Å². The van der Waals surface area contributed by atoms with Crippen molar-refractivity contribution in [3.05, 3.63) is 46.4 Å². The Balaban J connectivity index is 1.57. The second-order valence-electron chi connectivity index (χ2n) is 6.62. The van der Waals surface area contributed by atoms with Crippen LogP contribution in [-0.2, 0) is 16.1 Å². The van der Waals surface area contributed by atoms with E-state index in [2.05, 4.69) is 15.5 Å². The van der Waals surface area contributed by atoms with E-state index in [1.54, 1.807) is 29.7 Å². The molecule has 9 heteroatoms. The van der Waals surface area contributed by atoms with E-state index < -0.39 is 0 Å². The Bertz CT molecular complexity index is 1060. The van der Waals surface area contributed by atoms with Crippen LogP contribution < -0.4 is 10.9 Å². The van der Waals surface area contributed by atoms with Gasteiger partial charge in [-0.15, -0.1) is 0 Å². The van der Waals surface area contributed by atoms with E-state index >= 15 is 0 Å². The van der Waals surface area contributed by atoms with Crippen molar-refractivity contribution in [2.75, 3.05) is 17.7 Å². The van der Waals surface area contributed by atoms with Crippen LogP contribution in [0.4, 0.5) is 5.82 Å². The zero-order valence-electron chi connectivity index (χ0n) is 15.4. The van der Waals surface area contributed by atoms with Gasteiger partial charge in [0.05, 0.1) is 29.3 Å². The Morgan fingerprint density at radius 2 is 2.25 bits per heavy atom. The van der Waals surface area contributed by atoms with Crippen LogP contribution in [0.3, 0.4) is 0 Å². The number of thioether (sulfide) groups is 1. The molecule has 1 aromatic carbocycles. The first-order valence-electron chi connectivity index (χ1n) is 9.07. The second-order valence-corrected chi connectivity index (χ2v) is 7.56. The third kappa shape index (κ3) is 4.10. The number of carbonyl (C=O) groups excluding carboxylic acids is 1. The Kier molecular flexibility index (Phi) is 5.45. The van der Waals surface area contributed by atoms with Crippen LogP contribution in [0.2, 0.25) is 0 Å². The minimum Gasteiger partial charge on any atom is -0.376 e. The monoisotopic (exact) mass is 400 g/mol. The molecule has 1 atom stereocenters. The minimum absolute atomic E-state index is 0.00746. The van der Waals surface area contributed by atoms with Gasteiger partial charge in [0.15, 0.2) is 11.0 Å². The Morgan fingerprint density at radius 1 is 1.39 bits per heavy atom. The molecule has 0 spiro atoms. The fraction of sp³-hybridized carbons (Fsp3) is 0.368. The summed E-state index contributed by atoms with van der Waals surface area (Å²) in [7, 11) is 0. The molecule has 0 aliphatic carbocycles. The van der Waals surface area contributed by atoms with Gasteiger partial charge in [0, 0.05) is 12.7 Å². The highest BCUT2D eigenvalue weighted by Gasteiger charge is 2.20. The summed E-state index contributed by atoms with van der Waals surface area (Å²) in [5, 5.41) is 7.49. The lowest BCUT2D eigenvalue weighted by Crippen LogP contribution is -2.29. The Morgan fingerprint density at radius 3 is 3.00 bits per heavy atom. The quantitative estimate of drug-likeness (QED) is 0.501. The van der Waals surface area contributed by atoms with Crippen LogP contribution in [0.25, 0.3) is 10.9 Å². The number of aromatic nitrogens is 3. The van der Waals surface area contributed by atoms with E-state index in [-0.39, 0.29) is 23.3 Å². The lowest BCUT2D eigenvalue weighted by molar-refractivity contribution is -0.113. The highest BCUT2D eigenvalue weighted by molar-refractivity contribution is 7.99. The van der Waals surface area contributed by atoms with E-state index in [0.29, 0.717) is 40.8 Å². The molecule has 146 valence electrons. The first-order valence-corrected chi connectivity index (χ1v) is 10.1. The topological polar surface area (TPSA) is 99.2 Å². The van der Waals surface area contributed by atoms with E-state index in [0.717, 1.165) is 12.8 Å². The highest BCUT2D eigenvalue weighted by atomic mass is 32.2. The third-order valence-electron chi connectivity index (χ3n) is 4.46. The van der Waals surface area contributed by atoms with Gasteiger partial charge in [-0.3, -0.25) is 14.2 Å². The van der Waals surface area contributed by atoms with Crippen LogP contribution in [-0.4, -0.2) is 39.1 Å². The van der Waals surface area contributed by atoms with Gasteiger partial charge in [-0.2, -0.15) is 0 Å². The van der Waals surface area contributed by atoms with Crippen LogP contribution in [0, 0.1) is 6.92 Å². The summed E-state index contributed by atoms with van der Waals surface area (Å²) in [6.45, 7) is 2.89. The number of hydrogen-bond acceptors (Lipinski definition) is 7. The Hall–Kier alpha value is -2.65. The van der Waals surface area contributed by atoms with Crippen LogP contribution in [0.1, 0.15) is 18.6 Å². The molecule has 28 heavy (non-hydrogen) atoms. The molecule has 1 N–H and O–H groups in total. The summed E-state index contributed by atoms with van der Waals surface area (Å²) in [6, 6.07) is 8.87. The summed E-state index contributed by atoms with van der Waals surface area (Å²) in [5.74, 6) is 0.836. The molecule has 2 aromatic heterocycles. The second kappa shape index (κ2) is 8.15. The maximum atomic E-state index is 13.0. The number of fused-ring (bicyclic) bond motifs is 1. The van der Waals surface area contributed by atoms with Crippen LogP contribution in [0.15, 0.2) is 44.8 Å². The fourth-order valence-electron chi connectivity index (χ4n) is 3.15. The van der Waals surface area contributed by atoms with Crippen LogP contribution in [0.5, 0.6) is 0 Å². The molecular formula is C19H20N4O4S. The van der Waals surface area contributed by atoms with Crippen molar-refractivity contribution in [1.29, 1.82) is 0 Å². The number of nitrogens with zero attached hydrogens (tertiary/aromatic N) is 3. The van der Waals surface area contributed by atoms with Gasteiger partial charge in [0.25, 0.3) is 5.56 Å². The van der Waals surface area contributed by atoms with Gasteiger partial charge < -0.3 is 14.6 Å². The molecule has 0 bridgehead atoms. The summed E-state index contributed by atoms with van der Waals surface area (Å²) >= 11 is 1.22. The van der Waals surface area contributed by atoms with E-state index in [1.807, 2.05) is 12.1 Å². The van der Waals surface area contributed by atoms with Crippen molar-refractivity contribution in [2.24, 2.45) is 0 Å². The highest BCUT2D eigenvalue weighted by Crippen LogP contribution is 2.21. The van der Waals surface area contributed by atoms with Gasteiger partial charge in [-0.1, -0.05) is 29.1 Å². The number of anilines is 1. The average Bonchev–Trinajstić information content (AvgIpc) is 3.34. The van der Waals surface area contributed by atoms with Gasteiger partial charge in [-0.25, -0.2) is 4.98 Å². The molecule has 1 saturated heterocycles. The first-order chi connectivity index (χ1) is 13.6. The predicted octanol–water partition coefficient (Wildman–Crippen LogP) is 2.60. The number of nitrogens with one attached hydrogen (secondary N) is 1. The zero-order valence-corrected chi connectivity index (χ0v) is 16.2. The SMILES string of the molecule is Cc1cc(NC(=O)CSc2nc3ccccc3c(=O)n2C[C@@H]2CCCO2)no1. The number of aryl methyl sites for hydroxylation is 1. The molecular weight excluding hydrogens is 380 g/mol. The van der Waals surface area contributed by atoms with Crippen molar-refractivity contribution in [2.45, 2.75) is 37.6 Å². The van der Waals surface area contributed by atoms with Gasteiger partial charge in [-0.05, 0) is 31.9 Å². The first kappa shape index (κ1) is 18.7. The third-order valence-corrected chi connectivity index (χ3v) is 5.44. The number of carbonyl (C=O) groups is 1. The van der Waals surface area contributed by atoms with E-state index in [9.17, 15) is 9.59 Å². The van der Waals surface area contributed by atoms with Crippen molar-refractivity contribution in [3.8, 4) is 0 Å². The molecule has 1 amide bonds. The van der Waals surface area contributed by atoms with Gasteiger partial charge in [0.1, 0.15) is 5.76 Å². The normalized spacial score (nSPS) is 16.5. The number of hydrogen-bond donors (Lipinski definition) is 1. The van der Waals surface area contributed by atoms with Crippen molar-refractivity contribution in [1.82, 2.24) is 14.7 Å². The molecule has 0 radical (unpaired) electrons. The molecule has 1 aliphatic heterocycles. The fourth-order valence-corrected chi connectivity index (χ4v) is 3.95. The predicted molar refractivity (Wildman–Crippen MR) is 106 cm³/mol. The molecule has 8 nitrogen and oxygen atoms in total. The van der Waals surface area contributed by atoms with Crippen molar-refractivity contribution >= 4 is 34.4 Å². The molecule has 0 saturated carbocycles. The Labute approximate surface area is 165 Å². The number of amides is 1. The zero-order chi connectivity index (χ0) is 19.5. The maximum absolute atomic E-state index is 13.0. The van der Waals surface area contributed by atoms with Crippen molar-refractivity contribution in [3.63, 3.8) is 0 Å². The summed E-state index contributed by atoms with van der Waals surface area (Å²) in [5.41, 5.74) is 0.502. The molecule has 3 aromatic rings. The minimum atomic E-state index is -0.246.